The fourth-order valence-electron chi connectivity index (χ4n) is 4.06. The highest BCUT2D eigenvalue weighted by Crippen LogP contribution is 2.44. The number of halogens is 1. The number of hydrogen-bond acceptors (Lipinski definition) is 4. The average molecular weight is 431 g/mol. The van der Waals surface area contributed by atoms with Gasteiger partial charge in [-0.2, -0.15) is 0 Å². The van der Waals surface area contributed by atoms with Gasteiger partial charge in [0.1, 0.15) is 5.75 Å². The maximum Gasteiger partial charge on any atom is 0.255 e. The lowest BCUT2D eigenvalue weighted by Crippen LogP contribution is -2.53. The number of thioether (sulfide) groups is 1. The van der Waals surface area contributed by atoms with Crippen LogP contribution in [0.25, 0.3) is 0 Å². The number of piperidine rings is 1. The number of methoxy groups -OCH3 is 1. The first-order chi connectivity index (χ1) is 14.0. The molecule has 2 amide bonds. The lowest BCUT2D eigenvalue weighted by molar-refractivity contribution is 0.0497. The molecule has 0 saturated carbocycles. The van der Waals surface area contributed by atoms with Crippen LogP contribution in [-0.4, -0.2) is 59.0 Å². The summed E-state index contributed by atoms with van der Waals surface area (Å²) in [6, 6.07) is 14.3. The zero-order valence-electron chi connectivity index (χ0n) is 16.3. The summed E-state index contributed by atoms with van der Waals surface area (Å²) in [7, 11) is 1.60. The van der Waals surface area contributed by atoms with E-state index in [1.54, 1.807) is 37.4 Å². The van der Waals surface area contributed by atoms with Crippen LogP contribution in [-0.2, 0) is 0 Å². The van der Waals surface area contributed by atoms with E-state index < -0.39 is 0 Å². The molecule has 0 atom stereocenters. The van der Waals surface area contributed by atoms with Crippen LogP contribution >= 0.6 is 23.4 Å². The number of benzene rings is 2. The van der Waals surface area contributed by atoms with E-state index >= 15 is 0 Å². The zero-order valence-corrected chi connectivity index (χ0v) is 17.8. The van der Waals surface area contributed by atoms with Gasteiger partial charge in [-0.15, -0.1) is 11.8 Å². The van der Waals surface area contributed by atoms with Gasteiger partial charge in [-0.25, -0.2) is 0 Å². The molecule has 7 heteroatoms. The fourth-order valence-corrected chi connectivity index (χ4v) is 5.64. The monoisotopic (exact) mass is 430 g/mol. The van der Waals surface area contributed by atoms with Crippen molar-refractivity contribution in [3.05, 3.63) is 64.7 Å². The summed E-state index contributed by atoms with van der Waals surface area (Å²) < 4.78 is 5.27. The quantitative estimate of drug-likeness (QED) is 0.733. The lowest BCUT2D eigenvalue weighted by atomic mass is 10.00. The predicted octanol–water partition coefficient (Wildman–Crippen LogP) is 4.17. The highest BCUT2D eigenvalue weighted by molar-refractivity contribution is 8.00. The Bertz CT molecular complexity index is 911. The number of likely N-dealkylation sites (tertiary alicyclic amines) is 1. The third kappa shape index (κ3) is 3.96. The highest BCUT2D eigenvalue weighted by atomic mass is 35.5. The number of ether oxygens (including phenoxy) is 1. The van der Waals surface area contributed by atoms with E-state index in [-0.39, 0.29) is 16.7 Å². The van der Waals surface area contributed by atoms with Crippen molar-refractivity contribution >= 4 is 35.2 Å². The number of rotatable bonds is 3. The number of carbonyl (C=O) groups is 2. The van der Waals surface area contributed by atoms with Gasteiger partial charge in [-0.05, 0) is 55.3 Å². The molecule has 2 fully saturated rings. The predicted molar refractivity (Wildman–Crippen MR) is 116 cm³/mol. The Balaban J connectivity index is 1.47. The molecule has 2 aromatic carbocycles. The van der Waals surface area contributed by atoms with Crippen molar-refractivity contribution in [2.75, 3.05) is 32.5 Å². The van der Waals surface area contributed by atoms with Gasteiger partial charge in [0.2, 0.25) is 0 Å². The van der Waals surface area contributed by atoms with E-state index in [1.165, 1.54) is 0 Å². The Hall–Kier alpha value is -2.18. The number of nitrogens with zero attached hydrogens (tertiary/aromatic N) is 2. The Morgan fingerprint density at radius 3 is 2.41 bits per heavy atom. The first-order valence-corrected chi connectivity index (χ1v) is 11.0. The highest BCUT2D eigenvalue weighted by Gasteiger charge is 2.47. The molecule has 2 saturated heterocycles. The van der Waals surface area contributed by atoms with Crippen LogP contribution in [0.5, 0.6) is 5.75 Å². The minimum Gasteiger partial charge on any atom is -0.497 e. The number of carbonyl (C=O) groups excluding carboxylic acids is 2. The number of amides is 2. The number of hydrogen-bond donors (Lipinski definition) is 0. The molecule has 1 spiro atoms. The van der Waals surface area contributed by atoms with Crippen LogP contribution in [0.4, 0.5) is 0 Å². The van der Waals surface area contributed by atoms with E-state index in [1.807, 2.05) is 39.8 Å². The van der Waals surface area contributed by atoms with E-state index in [0.717, 1.165) is 25.1 Å². The SMILES string of the molecule is COc1cccc(C(=O)N2CCSC23CCN(C(=O)c2ccc(Cl)cc2)CC3)c1. The van der Waals surface area contributed by atoms with Crippen LogP contribution in [0.2, 0.25) is 5.02 Å². The summed E-state index contributed by atoms with van der Waals surface area (Å²) in [4.78, 5) is 29.7. The van der Waals surface area contributed by atoms with Crippen LogP contribution in [0.3, 0.4) is 0 Å². The standard InChI is InChI=1S/C22H23ClN2O3S/c1-28-19-4-2-3-17(15-19)21(27)25-13-14-29-22(25)9-11-24(12-10-22)20(26)16-5-7-18(23)8-6-16/h2-8,15H,9-14H2,1H3. The van der Waals surface area contributed by atoms with Crippen LogP contribution in [0.15, 0.2) is 48.5 Å². The largest absolute Gasteiger partial charge is 0.497 e. The van der Waals surface area contributed by atoms with Crippen LogP contribution in [0.1, 0.15) is 33.6 Å². The topological polar surface area (TPSA) is 49.9 Å². The first kappa shape index (κ1) is 20.1. The molecule has 0 aromatic heterocycles. The van der Waals surface area contributed by atoms with Crippen molar-refractivity contribution in [2.24, 2.45) is 0 Å². The van der Waals surface area contributed by atoms with Crippen LogP contribution < -0.4 is 4.74 Å². The Morgan fingerprint density at radius 2 is 1.72 bits per heavy atom. The smallest absolute Gasteiger partial charge is 0.255 e. The summed E-state index contributed by atoms with van der Waals surface area (Å²) in [6.07, 6.45) is 1.54. The van der Waals surface area contributed by atoms with Crippen molar-refractivity contribution in [1.82, 2.24) is 9.80 Å². The van der Waals surface area contributed by atoms with Gasteiger partial charge in [0.15, 0.2) is 0 Å². The van der Waals surface area contributed by atoms with Gasteiger partial charge in [0.05, 0.1) is 12.0 Å². The molecule has 0 bridgehead atoms. The maximum atomic E-state index is 13.2. The summed E-state index contributed by atoms with van der Waals surface area (Å²) >= 11 is 7.76. The third-order valence-electron chi connectivity index (χ3n) is 5.66. The molecule has 0 radical (unpaired) electrons. The molecule has 2 aliphatic heterocycles. The van der Waals surface area contributed by atoms with Crippen LogP contribution in [0, 0.1) is 0 Å². The molecule has 0 unspecified atom stereocenters. The molecule has 0 aliphatic carbocycles. The molecule has 2 heterocycles. The average Bonchev–Trinajstić information content (AvgIpc) is 3.16. The fraction of sp³-hybridized carbons (Fsp3) is 0.364. The second-order valence-electron chi connectivity index (χ2n) is 7.28. The molecule has 29 heavy (non-hydrogen) atoms. The minimum absolute atomic E-state index is 0.0187. The molecule has 2 aliphatic rings. The van der Waals surface area contributed by atoms with Crippen molar-refractivity contribution in [2.45, 2.75) is 17.7 Å². The summed E-state index contributed by atoms with van der Waals surface area (Å²) in [5.41, 5.74) is 1.29. The molecule has 152 valence electrons. The summed E-state index contributed by atoms with van der Waals surface area (Å²) in [6.45, 7) is 2.00. The Labute approximate surface area is 180 Å². The van der Waals surface area contributed by atoms with E-state index in [9.17, 15) is 9.59 Å². The molecule has 4 rings (SSSR count). The first-order valence-electron chi connectivity index (χ1n) is 9.67. The van der Waals surface area contributed by atoms with Crippen molar-refractivity contribution in [3.63, 3.8) is 0 Å². The Kier molecular flexibility index (Phi) is 5.74. The molecular formula is C22H23ClN2O3S. The van der Waals surface area contributed by atoms with Gasteiger partial charge in [-0.1, -0.05) is 17.7 Å². The molecule has 2 aromatic rings. The zero-order chi connectivity index (χ0) is 20.4. The maximum absolute atomic E-state index is 13.2. The van der Waals surface area contributed by atoms with Gasteiger partial charge in [0.25, 0.3) is 11.8 Å². The van der Waals surface area contributed by atoms with Gasteiger partial charge < -0.3 is 14.5 Å². The van der Waals surface area contributed by atoms with Gasteiger partial charge in [0, 0.05) is 41.5 Å². The second-order valence-corrected chi connectivity index (χ2v) is 9.18. The molecule has 0 N–H and O–H groups in total. The third-order valence-corrected chi connectivity index (χ3v) is 7.47. The van der Waals surface area contributed by atoms with E-state index in [2.05, 4.69) is 0 Å². The molecular weight excluding hydrogens is 408 g/mol. The van der Waals surface area contributed by atoms with E-state index in [0.29, 0.717) is 35.0 Å². The van der Waals surface area contributed by atoms with Gasteiger partial charge >= 0.3 is 0 Å². The van der Waals surface area contributed by atoms with Crippen molar-refractivity contribution in [3.8, 4) is 5.75 Å². The van der Waals surface area contributed by atoms with Gasteiger partial charge in [-0.3, -0.25) is 9.59 Å². The van der Waals surface area contributed by atoms with Crippen molar-refractivity contribution < 1.29 is 14.3 Å². The normalized spacial score (nSPS) is 18.1. The van der Waals surface area contributed by atoms with E-state index in [4.69, 9.17) is 16.3 Å². The molecule has 5 nitrogen and oxygen atoms in total. The lowest BCUT2D eigenvalue weighted by Gasteiger charge is -2.44. The van der Waals surface area contributed by atoms with Crippen molar-refractivity contribution in [1.29, 1.82) is 0 Å². The minimum atomic E-state index is -0.239. The summed E-state index contributed by atoms with van der Waals surface area (Å²) in [5.74, 6) is 1.65. The Morgan fingerprint density at radius 1 is 1.00 bits per heavy atom. The second kappa shape index (κ2) is 8.28. The summed E-state index contributed by atoms with van der Waals surface area (Å²) in [5, 5.41) is 0.619.